The second-order valence-corrected chi connectivity index (χ2v) is 4.77. The minimum atomic E-state index is 0.809. The zero-order valence-electron chi connectivity index (χ0n) is 11.6. The lowest BCUT2D eigenvalue weighted by Gasteiger charge is -2.09. The van der Waals surface area contributed by atoms with Crippen molar-refractivity contribution >= 4 is 10.9 Å². The summed E-state index contributed by atoms with van der Waals surface area (Å²) in [6.45, 7) is 4.70. The van der Waals surface area contributed by atoms with Gasteiger partial charge < -0.3 is 9.88 Å². The van der Waals surface area contributed by atoms with Crippen molar-refractivity contribution in [3.63, 3.8) is 0 Å². The molecule has 2 heterocycles. The van der Waals surface area contributed by atoms with Crippen LogP contribution in [-0.2, 0) is 19.6 Å². The summed E-state index contributed by atoms with van der Waals surface area (Å²) in [6.07, 6.45) is 5.63. The molecule has 0 spiro atoms. The molecule has 4 nitrogen and oxygen atoms in total. The lowest BCUT2D eigenvalue weighted by Crippen LogP contribution is -2.15. The van der Waals surface area contributed by atoms with Crippen LogP contribution in [0.1, 0.15) is 18.2 Å². The van der Waals surface area contributed by atoms with E-state index in [9.17, 15) is 0 Å². The number of imidazole rings is 1. The Kier molecular flexibility index (Phi) is 3.74. The van der Waals surface area contributed by atoms with Crippen molar-refractivity contribution < 1.29 is 0 Å². The van der Waals surface area contributed by atoms with Gasteiger partial charge in [-0.05, 0) is 18.6 Å². The first-order valence-electron chi connectivity index (χ1n) is 6.91. The Morgan fingerprint density at radius 1 is 1.15 bits per heavy atom. The van der Waals surface area contributed by atoms with Gasteiger partial charge in [-0.15, -0.1) is 0 Å². The minimum absolute atomic E-state index is 0.809. The number of rotatable bonds is 5. The molecule has 0 saturated carbocycles. The largest absolute Gasteiger partial charge is 0.334 e. The number of nitrogens with one attached hydrogen (secondary N) is 1. The molecule has 0 aliphatic heterocycles. The van der Waals surface area contributed by atoms with Gasteiger partial charge in [-0.2, -0.15) is 0 Å². The van der Waals surface area contributed by atoms with E-state index in [2.05, 4.69) is 51.0 Å². The van der Waals surface area contributed by atoms with Crippen LogP contribution in [0.5, 0.6) is 0 Å². The fourth-order valence-electron chi connectivity index (χ4n) is 2.42. The quantitative estimate of drug-likeness (QED) is 0.772. The van der Waals surface area contributed by atoms with Crippen molar-refractivity contribution in [2.45, 2.75) is 26.6 Å². The Bertz CT molecular complexity index is 697. The average molecular weight is 266 g/mol. The number of hydrogen-bond donors (Lipinski definition) is 1. The molecule has 0 amide bonds. The van der Waals surface area contributed by atoms with Crippen LogP contribution in [0, 0.1) is 0 Å². The van der Waals surface area contributed by atoms with E-state index in [1.807, 2.05) is 24.8 Å². The second-order valence-electron chi connectivity index (χ2n) is 4.77. The highest BCUT2D eigenvalue weighted by molar-refractivity contribution is 5.81. The van der Waals surface area contributed by atoms with Gasteiger partial charge in [-0.3, -0.25) is 4.98 Å². The average Bonchev–Trinajstić information content (AvgIpc) is 2.95. The van der Waals surface area contributed by atoms with E-state index in [4.69, 9.17) is 0 Å². The Balaban J connectivity index is 1.71. The van der Waals surface area contributed by atoms with Crippen molar-refractivity contribution in [3.05, 3.63) is 60.3 Å². The smallest absolute Gasteiger partial charge is 0.0948 e. The molecule has 0 fully saturated rings. The molecule has 2 aromatic heterocycles. The maximum Gasteiger partial charge on any atom is 0.0948 e. The summed E-state index contributed by atoms with van der Waals surface area (Å²) in [7, 11) is 0. The molecule has 0 aliphatic rings. The first kappa shape index (κ1) is 12.8. The van der Waals surface area contributed by atoms with Crippen molar-refractivity contribution in [2.24, 2.45) is 0 Å². The third kappa shape index (κ3) is 2.56. The molecule has 0 radical (unpaired) electrons. The Morgan fingerprint density at radius 2 is 2.05 bits per heavy atom. The van der Waals surface area contributed by atoms with Gasteiger partial charge in [0.05, 0.1) is 17.5 Å². The highest BCUT2D eigenvalue weighted by Crippen LogP contribution is 2.15. The van der Waals surface area contributed by atoms with Crippen LogP contribution >= 0.6 is 0 Å². The van der Waals surface area contributed by atoms with Crippen LogP contribution in [0.2, 0.25) is 0 Å². The molecule has 3 aromatic rings. The fraction of sp³-hybridized carbons (Fsp3) is 0.250. The van der Waals surface area contributed by atoms with Gasteiger partial charge >= 0.3 is 0 Å². The number of para-hydroxylation sites is 1. The number of fused-ring (bicyclic) bond motifs is 1. The first-order valence-corrected chi connectivity index (χ1v) is 6.91. The SMILES string of the molecule is CCn1cncc1CNCc1cccc2cccnc12. The van der Waals surface area contributed by atoms with Gasteiger partial charge in [0, 0.05) is 37.4 Å². The van der Waals surface area contributed by atoms with Gasteiger partial charge in [0.25, 0.3) is 0 Å². The highest BCUT2D eigenvalue weighted by Gasteiger charge is 2.03. The number of pyridine rings is 1. The van der Waals surface area contributed by atoms with Crippen LogP contribution in [0.25, 0.3) is 10.9 Å². The van der Waals surface area contributed by atoms with E-state index in [1.165, 1.54) is 16.6 Å². The molecule has 20 heavy (non-hydrogen) atoms. The van der Waals surface area contributed by atoms with Crippen LogP contribution in [0.4, 0.5) is 0 Å². The van der Waals surface area contributed by atoms with Gasteiger partial charge in [-0.1, -0.05) is 24.3 Å². The number of nitrogens with zero attached hydrogens (tertiary/aromatic N) is 3. The van der Waals surface area contributed by atoms with Crippen molar-refractivity contribution in [1.82, 2.24) is 19.9 Å². The number of hydrogen-bond acceptors (Lipinski definition) is 3. The summed E-state index contributed by atoms with van der Waals surface area (Å²) in [4.78, 5) is 8.65. The van der Waals surface area contributed by atoms with E-state index < -0.39 is 0 Å². The summed E-state index contributed by atoms with van der Waals surface area (Å²) in [6, 6.07) is 10.4. The Morgan fingerprint density at radius 3 is 2.95 bits per heavy atom. The second kappa shape index (κ2) is 5.84. The lowest BCUT2D eigenvalue weighted by molar-refractivity contribution is 0.629. The van der Waals surface area contributed by atoms with Gasteiger partial charge in [-0.25, -0.2) is 4.98 Å². The molecule has 0 aliphatic carbocycles. The van der Waals surface area contributed by atoms with Crippen LogP contribution in [-0.4, -0.2) is 14.5 Å². The standard InChI is InChI=1S/C16H18N4/c1-2-20-12-18-11-15(20)10-17-9-14-6-3-5-13-7-4-8-19-16(13)14/h3-8,11-12,17H,2,9-10H2,1H3. The molecule has 0 unspecified atom stereocenters. The predicted octanol–water partition coefficient (Wildman–Crippen LogP) is 2.74. The van der Waals surface area contributed by atoms with Crippen molar-refractivity contribution in [1.29, 1.82) is 0 Å². The third-order valence-electron chi connectivity index (χ3n) is 3.48. The minimum Gasteiger partial charge on any atom is -0.334 e. The van der Waals surface area contributed by atoms with E-state index in [0.717, 1.165) is 25.2 Å². The molecule has 0 atom stereocenters. The van der Waals surface area contributed by atoms with Crippen LogP contribution in [0.15, 0.2) is 49.1 Å². The normalized spacial score (nSPS) is 11.1. The number of benzene rings is 1. The third-order valence-corrected chi connectivity index (χ3v) is 3.48. The maximum atomic E-state index is 4.47. The molecule has 3 rings (SSSR count). The van der Waals surface area contributed by atoms with Gasteiger partial charge in [0.1, 0.15) is 0 Å². The molecular weight excluding hydrogens is 248 g/mol. The Hall–Kier alpha value is -2.20. The maximum absolute atomic E-state index is 4.47. The van der Waals surface area contributed by atoms with E-state index in [-0.39, 0.29) is 0 Å². The summed E-state index contributed by atoms with van der Waals surface area (Å²) in [5.41, 5.74) is 3.51. The molecule has 1 N–H and O–H groups in total. The summed E-state index contributed by atoms with van der Waals surface area (Å²) < 4.78 is 2.15. The van der Waals surface area contributed by atoms with Crippen LogP contribution in [0.3, 0.4) is 0 Å². The molecule has 0 bridgehead atoms. The summed E-state index contributed by atoms with van der Waals surface area (Å²) in [5, 5.41) is 4.66. The Labute approximate surface area is 118 Å². The van der Waals surface area contributed by atoms with Crippen LogP contribution < -0.4 is 5.32 Å². The summed E-state index contributed by atoms with van der Waals surface area (Å²) in [5.74, 6) is 0. The van der Waals surface area contributed by atoms with Gasteiger partial charge in [0.15, 0.2) is 0 Å². The lowest BCUT2D eigenvalue weighted by atomic mass is 10.1. The van der Waals surface area contributed by atoms with E-state index in [0.29, 0.717) is 0 Å². The van der Waals surface area contributed by atoms with E-state index >= 15 is 0 Å². The fourth-order valence-corrected chi connectivity index (χ4v) is 2.42. The van der Waals surface area contributed by atoms with Crippen molar-refractivity contribution in [2.75, 3.05) is 0 Å². The zero-order valence-corrected chi connectivity index (χ0v) is 11.6. The predicted molar refractivity (Wildman–Crippen MR) is 80.2 cm³/mol. The molecular formula is C16H18N4. The zero-order chi connectivity index (χ0) is 13.8. The molecule has 4 heteroatoms. The first-order chi connectivity index (χ1) is 9.88. The molecule has 1 aromatic carbocycles. The van der Waals surface area contributed by atoms with E-state index in [1.54, 1.807) is 0 Å². The number of aromatic nitrogens is 3. The highest BCUT2D eigenvalue weighted by atomic mass is 15.1. The van der Waals surface area contributed by atoms with Crippen molar-refractivity contribution in [3.8, 4) is 0 Å². The molecule has 0 saturated heterocycles. The number of aryl methyl sites for hydroxylation is 1. The van der Waals surface area contributed by atoms with Gasteiger partial charge in [0.2, 0.25) is 0 Å². The monoisotopic (exact) mass is 266 g/mol. The summed E-state index contributed by atoms with van der Waals surface area (Å²) >= 11 is 0. The molecule has 102 valence electrons. The topological polar surface area (TPSA) is 42.7 Å².